The standard InChI is InChI=1S/C19H18N4O2S/c1-13-3-5-14(6-4-13)17-12-19(23(22-17)26(2,24)25)15-7-8-16-18(11-15)21-10-9-20-16/h3-11,19H,12H2,1-2H3/t19-/m0/s1. The van der Waals surface area contributed by atoms with Gasteiger partial charge >= 0.3 is 0 Å². The summed E-state index contributed by atoms with van der Waals surface area (Å²) in [5, 5.41) is 4.42. The number of fused-ring (bicyclic) bond motifs is 1. The first-order chi connectivity index (χ1) is 12.4. The Morgan fingerprint density at radius 2 is 1.69 bits per heavy atom. The van der Waals surface area contributed by atoms with E-state index in [1.165, 1.54) is 10.7 Å². The molecular formula is C19H18N4O2S. The van der Waals surface area contributed by atoms with Gasteiger partial charge in [0, 0.05) is 18.8 Å². The van der Waals surface area contributed by atoms with Gasteiger partial charge in [-0.1, -0.05) is 35.9 Å². The van der Waals surface area contributed by atoms with Crippen LogP contribution in [0.3, 0.4) is 0 Å². The van der Waals surface area contributed by atoms with E-state index >= 15 is 0 Å². The van der Waals surface area contributed by atoms with Crippen molar-refractivity contribution in [1.82, 2.24) is 14.4 Å². The number of nitrogens with zero attached hydrogens (tertiary/aromatic N) is 4. The number of aryl methyl sites for hydroxylation is 1. The molecule has 132 valence electrons. The SMILES string of the molecule is Cc1ccc(C2=NN(S(C)(=O)=O)[C@H](c3ccc4nccnc4c3)C2)cc1. The molecule has 26 heavy (non-hydrogen) atoms. The van der Waals surface area contributed by atoms with Crippen LogP contribution in [-0.2, 0) is 10.0 Å². The maximum absolute atomic E-state index is 12.3. The number of aromatic nitrogens is 2. The zero-order valence-electron chi connectivity index (χ0n) is 14.5. The molecule has 7 heteroatoms. The first kappa shape index (κ1) is 16.7. The van der Waals surface area contributed by atoms with Crippen LogP contribution >= 0.6 is 0 Å². The number of benzene rings is 2. The number of hydrogen-bond donors (Lipinski definition) is 0. The highest BCUT2D eigenvalue weighted by Gasteiger charge is 2.34. The van der Waals surface area contributed by atoms with Gasteiger partial charge in [0.1, 0.15) is 0 Å². The van der Waals surface area contributed by atoms with Crippen LogP contribution in [0.5, 0.6) is 0 Å². The molecule has 0 bridgehead atoms. The van der Waals surface area contributed by atoms with Gasteiger partial charge in [0.25, 0.3) is 0 Å². The van der Waals surface area contributed by atoms with Crippen molar-refractivity contribution in [3.8, 4) is 0 Å². The van der Waals surface area contributed by atoms with Crippen molar-refractivity contribution in [2.45, 2.75) is 19.4 Å². The average Bonchev–Trinajstić information content (AvgIpc) is 3.08. The molecule has 0 aliphatic carbocycles. The molecule has 1 aliphatic heterocycles. The van der Waals surface area contributed by atoms with Crippen LogP contribution in [0, 0.1) is 6.92 Å². The van der Waals surface area contributed by atoms with Gasteiger partial charge in [-0.3, -0.25) is 9.97 Å². The van der Waals surface area contributed by atoms with E-state index in [1.54, 1.807) is 12.4 Å². The largest absolute Gasteiger partial charge is 0.253 e. The summed E-state index contributed by atoms with van der Waals surface area (Å²) in [5.74, 6) is 0. The van der Waals surface area contributed by atoms with E-state index in [-0.39, 0.29) is 6.04 Å². The summed E-state index contributed by atoms with van der Waals surface area (Å²) in [6.45, 7) is 2.02. The van der Waals surface area contributed by atoms with Gasteiger partial charge < -0.3 is 0 Å². The van der Waals surface area contributed by atoms with Crippen LogP contribution in [0.15, 0.2) is 60.0 Å². The first-order valence-electron chi connectivity index (χ1n) is 8.26. The molecule has 0 unspecified atom stereocenters. The molecule has 6 nitrogen and oxygen atoms in total. The van der Waals surface area contributed by atoms with Crippen LogP contribution in [0.2, 0.25) is 0 Å². The summed E-state index contributed by atoms with van der Waals surface area (Å²) in [6.07, 6.45) is 4.96. The lowest BCUT2D eigenvalue weighted by molar-refractivity contribution is 0.375. The van der Waals surface area contributed by atoms with Crippen LogP contribution in [0.25, 0.3) is 11.0 Å². The van der Waals surface area contributed by atoms with E-state index in [0.29, 0.717) is 6.42 Å². The highest BCUT2D eigenvalue weighted by atomic mass is 32.2. The lowest BCUT2D eigenvalue weighted by Gasteiger charge is -2.21. The van der Waals surface area contributed by atoms with Gasteiger partial charge in [-0.2, -0.15) is 9.52 Å². The zero-order valence-corrected chi connectivity index (χ0v) is 15.3. The van der Waals surface area contributed by atoms with E-state index in [9.17, 15) is 8.42 Å². The summed E-state index contributed by atoms with van der Waals surface area (Å²) in [6, 6.07) is 13.2. The molecule has 0 saturated heterocycles. The maximum atomic E-state index is 12.3. The summed E-state index contributed by atoms with van der Waals surface area (Å²) in [5.41, 5.74) is 5.22. The van der Waals surface area contributed by atoms with Crippen molar-refractivity contribution in [3.63, 3.8) is 0 Å². The Kier molecular flexibility index (Phi) is 3.96. The maximum Gasteiger partial charge on any atom is 0.247 e. The highest BCUT2D eigenvalue weighted by molar-refractivity contribution is 7.88. The van der Waals surface area contributed by atoms with Crippen LogP contribution < -0.4 is 0 Å². The molecule has 0 N–H and O–H groups in total. The smallest absolute Gasteiger partial charge is 0.247 e. The molecule has 0 radical (unpaired) electrons. The molecule has 2 aromatic carbocycles. The van der Waals surface area contributed by atoms with Gasteiger partial charge in [-0.05, 0) is 30.2 Å². The van der Waals surface area contributed by atoms with Gasteiger partial charge in [0.2, 0.25) is 10.0 Å². The van der Waals surface area contributed by atoms with Crippen molar-refractivity contribution in [2.75, 3.05) is 6.26 Å². The minimum atomic E-state index is -3.49. The molecule has 0 amide bonds. The summed E-state index contributed by atoms with van der Waals surface area (Å²) < 4.78 is 25.8. The van der Waals surface area contributed by atoms with Gasteiger partial charge in [0.15, 0.2) is 0 Å². The second-order valence-corrected chi connectivity index (χ2v) is 8.31. The molecule has 4 rings (SSSR count). The third-order valence-electron chi connectivity index (χ3n) is 4.48. The van der Waals surface area contributed by atoms with Crippen LogP contribution in [0.1, 0.15) is 29.2 Å². The van der Waals surface area contributed by atoms with Gasteiger partial charge in [0.05, 0.1) is 29.0 Å². The molecule has 1 aromatic heterocycles. The number of rotatable bonds is 3. The Morgan fingerprint density at radius 3 is 2.38 bits per heavy atom. The fourth-order valence-electron chi connectivity index (χ4n) is 3.15. The topological polar surface area (TPSA) is 75.5 Å². The zero-order chi connectivity index (χ0) is 18.3. The molecule has 0 fully saturated rings. The quantitative estimate of drug-likeness (QED) is 0.714. The minimum absolute atomic E-state index is 0.382. The Bertz CT molecular complexity index is 1110. The highest BCUT2D eigenvalue weighted by Crippen LogP contribution is 2.35. The van der Waals surface area contributed by atoms with Gasteiger partial charge in [-0.25, -0.2) is 8.42 Å². The molecule has 1 aliphatic rings. The van der Waals surface area contributed by atoms with E-state index in [1.807, 2.05) is 49.4 Å². The molecule has 0 saturated carbocycles. The number of hydrogen-bond acceptors (Lipinski definition) is 5. The number of hydrazone groups is 1. The van der Waals surface area contributed by atoms with E-state index in [2.05, 4.69) is 15.1 Å². The summed E-state index contributed by atoms with van der Waals surface area (Å²) >= 11 is 0. The molecular weight excluding hydrogens is 348 g/mol. The third-order valence-corrected chi connectivity index (χ3v) is 5.49. The average molecular weight is 366 g/mol. The first-order valence-corrected chi connectivity index (χ1v) is 10.1. The second kappa shape index (κ2) is 6.17. The lowest BCUT2D eigenvalue weighted by atomic mass is 9.98. The van der Waals surface area contributed by atoms with Crippen molar-refractivity contribution in [3.05, 3.63) is 71.5 Å². The van der Waals surface area contributed by atoms with E-state index < -0.39 is 10.0 Å². The predicted molar refractivity (Wildman–Crippen MR) is 101 cm³/mol. The monoisotopic (exact) mass is 366 g/mol. The van der Waals surface area contributed by atoms with Crippen LogP contribution in [0.4, 0.5) is 0 Å². The summed E-state index contributed by atoms with van der Waals surface area (Å²) in [4.78, 5) is 8.58. The van der Waals surface area contributed by atoms with E-state index in [0.717, 1.165) is 33.4 Å². The lowest BCUT2D eigenvalue weighted by Crippen LogP contribution is -2.25. The van der Waals surface area contributed by atoms with Crippen molar-refractivity contribution in [2.24, 2.45) is 5.10 Å². The Hall–Kier alpha value is -2.80. The summed E-state index contributed by atoms with van der Waals surface area (Å²) in [7, 11) is -3.49. The molecule has 0 spiro atoms. The van der Waals surface area contributed by atoms with Crippen molar-refractivity contribution < 1.29 is 8.42 Å². The van der Waals surface area contributed by atoms with Crippen molar-refractivity contribution >= 4 is 26.8 Å². The van der Waals surface area contributed by atoms with E-state index in [4.69, 9.17) is 0 Å². The van der Waals surface area contributed by atoms with Gasteiger partial charge in [-0.15, -0.1) is 0 Å². The molecule has 2 heterocycles. The second-order valence-electron chi connectivity index (χ2n) is 6.47. The Labute approximate surface area is 152 Å². The number of sulfonamides is 1. The predicted octanol–water partition coefficient (Wildman–Crippen LogP) is 3.05. The van der Waals surface area contributed by atoms with Crippen molar-refractivity contribution in [1.29, 1.82) is 0 Å². The Morgan fingerprint density at radius 1 is 1.00 bits per heavy atom. The fourth-order valence-corrected chi connectivity index (χ4v) is 4.06. The third kappa shape index (κ3) is 3.06. The fraction of sp³-hybridized carbons (Fsp3) is 0.211. The molecule has 3 aromatic rings. The normalized spacial score (nSPS) is 17.5. The molecule has 1 atom stereocenters. The van der Waals surface area contributed by atoms with Crippen LogP contribution in [-0.4, -0.2) is 34.8 Å². The Balaban J connectivity index is 1.76. The minimum Gasteiger partial charge on any atom is -0.253 e.